The van der Waals surface area contributed by atoms with Crippen LogP contribution < -0.4 is 14.8 Å². The van der Waals surface area contributed by atoms with E-state index in [-0.39, 0.29) is 24.5 Å². The molecule has 6 heteroatoms. The van der Waals surface area contributed by atoms with Gasteiger partial charge in [-0.1, -0.05) is 28.1 Å². The highest BCUT2D eigenvalue weighted by molar-refractivity contribution is 9.10. The van der Waals surface area contributed by atoms with E-state index < -0.39 is 0 Å². The van der Waals surface area contributed by atoms with Gasteiger partial charge in [-0.15, -0.1) is 0 Å². The molecule has 0 atom stereocenters. The van der Waals surface area contributed by atoms with Crippen LogP contribution in [0.4, 0.5) is 5.69 Å². The summed E-state index contributed by atoms with van der Waals surface area (Å²) in [6, 6.07) is 12.4. The number of amides is 1. The number of hydrogen-bond donors (Lipinski definition) is 1. The maximum absolute atomic E-state index is 12.3. The molecule has 0 aliphatic rings. The van der Waals surface area contributed by atoms with Gasteiger partial charge in [0.05, 0.1) is 18.9 Å². The number of rotatable bonds is 9. The lowest BCUT2D eigenvalue weighted by molar-refractivity contribution is -0.116. The van der Waals surface area contributed by atoms with E-state index in [2.05, 4.69) is 21.2 Å². The van der Waals surface area contributed by atoms with Gasteiger partial charge in [0.2, 0.25) is 5.91 Å². The van der Waals surface area contributed by atoms with Crippen LogP contribution in [0.3, 0.4) is 0 Å². The summed E-state index contributed by atoms with van der Waals surface area (Å²) in [5.41, 5.74) is 1.13. The minimum atomic E-state index is -0.245. The first-order chi connectivity index (χ1) is 12.5. The summed E-state index contributed by atoms with van der Waals surface area (Å²) in [5.74, 6) is 0.909. The largest absolute Gasteiger partial charge is 0.494 e. The number of ether oxygens (including phenoxy) is 2. The maximum Gasteiger partial charge on any atom is 0.224 e. The van der Waals surface area contributed by atoms with Crippen molar-refractivity contribution in [3.8, 4) is 11.5 Å². The highest BCUT2D eigenvalue weighted by Gasteiger charge is 2.13. The minimum absolute atomic E-state index is 0.0688. The Kier molecular flexibility index (Phi) is 7.66. The van der Waals surface area contributed by atoms with Crippen molar-refractivity contribution >= 4 is 33.3 Å². The summed E-state index contributed by atoms with van der Waals surface area (Å²) < 4.78 is 11.9. The van der Waals surface area contributed by atoms with Crippen molar-refractivity contribution in [2.45, 2.75) is 26.7 Å². The summed E-state index contributed by atoms with van der Waals surface area (Å²) in [5, 5.41) is 2.81. The Balaban J connectivity index is 1.98. The van der Waals surface area contributed by atoms with Crippen LogP contribution in [0.1, 0.15) is 37.0 Å². The Morgan fingerprint density at radius 2 is 1.65 bits per heavy atom. The zero-order valence-corrected chi connectivity index (χ0v) is 16.5. The number of carbonyl (C=O) groups excluding carboxylic acids is 2. The lowest BCUT2D eigenvalue weighted by Gasteiger charge is -2.13. The van der Waals surface area contributed by atoms with E-state index in [1.54, 1.807) is 42.5 Å². The van der Waals surface area contributed by atoms with E-state index in [9.17, 15) is 9.59 Å². The number of anilines is 1. The van der Waals surface area contributed by atoms with Crippen LogP contribution in [0.15, 0.2) is 46.9 Å². The van der Waals surface area contributed by atoms with Gasteiger partial charge in [-0.2, -0.15) is 0 Å². The van der Waals surface area contributed by atoms with Crippen molar-refractivity contribution in [2.24, 2.45) is 0 Å². The Morgan fingerprint density at radius 3 is 2.31 bits per heavy atom. The standard InChI is InChI=1S/C20H22BrNO4/c1-3-25-16-9-11-19(26-4-2)17(13-16)22-20(24)12-10-18(23)14-5-7-15(21)8-6-14/h5-9,11,13H,3-4,10,12H2,1-2H3,(H,22,24). The van der Waals surface area contributed by atoms with Gasteiger partial charge >= 0.3 is 0 Å². The van der Waals surface area contributed by atoms with Crippen molar-refractivity contribution in [3.63, 3.8) is 0 Å². The van der Waals surface area contributed by atoms with Crippen molar-refractivity contribution in [3.05, 3.63) is 52.5 Å². The second kappa shape index (κ2) is 9.97. The lowest BCUT2D eigenvalue weighted by atomic mass is 10.1. The molecule has 138 valence electrons. The molecule has 0 unspecified atom stereocenters. The van der Waals surface area contributed by atoms with Crippen molar-refractivity contribution < 1.29 is 19.1 Å². The summed E-state index contributed by atoms with van der Waals surface area (Å²) in [7, 11) is 0. The number of ketones is 1. The third kappa shape index (κ3) is 5.88. The first-order valence-electron chi connectivity index (χ1n) is 8.51. The average Bonchev–Trinajstić information content (AvgIpc) is 2.63. The third-order valence-corrected chi connectivity index (χ3v) is 4.11. The highest BCUT2D eigenvalue weighted by Crippen LogP contribution is 2.29. The molecule has 0 aliphatic heterocycles. The number of carbonyl (C=O) groups is 2. The molecule has 1 N–H and O–H groups in total. The smallest absolute Gasteiger partial charge is 0.224 e. The van der Waals surface area contributed by atoms with E-state index in [0.717, 1.165) is 4.47 Å². The van der Waals surface area contributed by atoms with Gasteiger partial charge in [0, 0.05) is 28.9 Å². The topological polar surface area (TPSA) is 64.6 Å². The number of halogens is 1. The molecule has 0 bridgehead atoms. The molecular weight excluding hydrogens is 398 g/mol. The number of hydrogen-bond acceptors (Lipinski definition) is 4. The normalized spacial score (nSPS) is 10.3. The average molecular weight is 420 g/mol. The van der Waals surface area contributed by atoms with E-state index in [0.29, 0.717) is 36.0 Å². The number of nitrogens with one attached hydrogen (secondary N) is 1. The third-order valence-electron chi connectivity index (χ3n) is 3.58. The van der Waals surface area contributed by atoms with Gasteiger partial charge in [0.1, 0.15) is 11.5 Å². The van der Waals surface area contributed by atoms with E-state index in [1.807, 2.05) is 13.8 Å². The predicted octanol–water partition coefficient (Wildman–Crippen LogP) is 4.85. The minimum Gasteiger partial charge on any atom is -0.494 e. The number of Topliss-reactive ketones (excluding diaryl/α,β-unsaturated/α-hetero) is 1. The molecule has 2 aromatic carbocycles. The summed E-state index contributed by atoms with van der Waals surface area (Å²) >= 11 is 3.33. The quantitative estimate of drug-likeness (QED) is 0.590. The fraction of sp³-hybridized carbons (Fsp3) is 0.300. The highest BCUT2D eigenvalue weighted by atomic mass is 79.9. The van der Waals surface area contributed by atoms with E-state index in [4.69, 9.17) is 9.47 Å². The Morgan fingerprint density at radius 1 is 0.962 bits per heavy atom. The molecule has 0 heterocycles. The number of benzene rings is 2. The van der Waals surface area contributed by atoms with Gasteiger partial charge in [-0.25, -0.2) is 0 Å². The maximum atomic E-state index is 12.3. The lowest BCUT2D eigenvalue weighted by Crippen LogP contribution is -2.14. The van der Waals surface area contributed by atoms with Crippen LogP contribution in [0, 0.1) is 0 Å². The Labute approximate surface area is 161 Å². The molecule has 5 nitrogen and oxygen atoms in total. The van der Waals surface area contributed by atoms with E-state index >= 15 is 0 Å². The van der Waals surface area contributed by atoms with Gasteiger partial charge in [0.15, 0.2) is 5.78 Å². The van der Waals surface area contributed by atoms with Gasteiger partial charge < -0.3 is 14.8 Å². The second-order valence-corrected chi connectivity index (χ2v) is 6.42. The van der Waals surface area contributed by atoms with Gasteiger partial charge in [0.25, 0.3) is 0 Å². The van der Waals surface area contributed by atoms with Gasteiger partial charge in [-0.05, 0) is 38.1 Å². The molecule has 2 aromatic rings. The van der Waals surface area contributed by atoms with Crippen molar-refractivity contribution in [2.75, 3.05) is 18.5 Å². The van der Waals surface area contributed by atoms with Crippen LogP contribution in [0.2, 0.25) is 0 Å². The zero-order chi connectivity index (χ0) is 18.9. The molecule has 0 spiro atoms. The molecule has 0 aromatic heterocycles. The fourth-order valence-electron chi connectivity index (χ4n) is 2.36. The Bertz CT molecular complexity index is 759. The molecule has 0 aliphatic carbocycles. The molecule has 1 amide bonds. The zero-order valence-electron chi connectivity index (χ0n) is 14.9. The summed E-state index contributed by atoms with van der Waals surface area (Å²) in [4.78, 5) is 24.4. The molecule has 0 saturated carbocycles. The van der Waals surface area contributed by atoms with Crippen LogP contribution in [0.25, 0.3) is 0 Å². The fourth-order valence-corrected chi connectivity index (χ4v) is 2.63. The molecular formula is C20H22BrNO4. The van der Waals surface area contributed by atoms with E-state index in [1.165, 1.54) is 0 Å². The van der Waals surface area contributed by atoms with Crippen LogP contribution in [-0.4, -0.2) is 24.9 Å². The van der Waals surface area contributed by atoms with Crippen molar-refractivity contribution in [1.82, 2.24) is 0 Å². The predicted molar refractivity (Wildman–Crippen MR) is 105 cm³/mol. The van der Waals surface area contributed by atoms with Crippen LogP contribution >= 0.6 is 15.9 Å². The molecule has 0 radical (unpaired) electrons. The summed E-state index contributed by atoms with van der Waals surface area (Å²) in [6.45, 7) is 4.78. The molecule has 26 heavy (non-hydrogen) atoms. The first-order valence-corrected chi connectivity index (χ1v) is 9.31. The van der Waals surface area contributed by atoms with Crippen LogP contribution in [0.5, 0.6) is 11.5 Å². The van der Waals surface area contributed by atoms with Crippen molar-refractivity contribution in [1.29, 1.82) is 0 Å². The first kappa shape index (κ1) is 20.0. The summed E-state index contributed by atoms with van der Waals surface area (Å²) in [6.07, 6.45) is 0.238. The van der Waals surface area contributed by atoms with Gasteiger partial charge in [-0.3, -0.25) is 9.59 Å². The SMILES string of the molecule is CCOc1ccc(OCC)c(NC(=O)CCC(=O)c2ccc(Br)cc2)c1. The Hall–Kier alpha value is -2.34. The second-order valence-electron chi connectivity index (χ2n) is 5.50. The monoisotopic (exact) mass is 419 g/mol. The van der Waals surface area contributed by atoms with Crippen LogP contribution in [-0.2, 0) is 4.79 Å². The molecule has 2 rings (SSSR count). The molecule has 0 fully saturated rings. The molecule has 0 saturated heterocycles.